The lowest BCUT2D eigenvalue weighted by Gasteiger charge is -2.20. The minimum atomic E-state index is -0.267. The van der Waals surface area contributed by atoms with Crippen molar-refractivity contribution in [3.63, 3.8) is 0 Å². The molecule has 1 aliphatic rings. The predicted molar refractivity (Wildman–Crippen MR) is 109 cm³/mol. The van der Waals surface area contributed by atoms with Crippen LogP contribution in [0.25, 0.3) is 0 Å². The van der Waals surface area contributed by atoms with Crippen LogP contribution < -0.4 is 15.5 Å². The molecule has 1 aromatic heterocycles. The van der Waals surface area contributed by atoms with Gasteiger partial charge in [-0.3, -0.25) is 4.99 Å². The molecule has 5 nitrogen and oxygen atoms in total. The molecular formula is C21H28FN5. The van der Waals surface area contributed by atoms with Gasteiger partial charge in [0.2, 0.25) is 0 Å². The van der Waals surface area contributed by atoms with Crippen molar-refractivity contribution in [2.24, 2.45) is 4.99 Å². The van der Waals surface area contributed by atoms with Crippen molar-refractivity contribution in [3.05, 3.63) is 59.5 Å². The summed E-state index contributed by atoms with van der Waals surface area (Å²) in [5.74, 6) is 0.986. The van der Waals surface area contributed by atoms with Gasteiger partial charge in [0.05, 0.1) is 0 Å². The second-order valence-corrected chi connectivity index (χ2v) is 6.82. The van der Waals surface area contributed by atoms with Crippen LogP contribution in [0.4, 0.5) is 10.2 Å². The highest BCUT2D eigenvalue weighted by atomic mass is 19.1. The Kier molecular flexibility index (Phi) is 6.63. The molecule has 0 spiro atoms. The molecule has 1 aromatic carbocycles. The predicted octanol–water partition coefficient (Wildman–Crippen LogP) is 2.91. The highest BCUT2D eigenvalue weighted by Gasteiger charge is 2.25. The smallest absolute Gasteiger partial charge is 0.191 e. The van der Waals surface area contributed by atoms with Crippen LogP contribution >= 0.6 is 0 Å². The lowest BCUT2D eigenvalue weighted by molar-refractivity contribution is 0.612. The number of hydrogen-bond donors (Lipinski definition) is 2. The molecule has 1 saturated heterocycles. The normalized spacial score (nSPS) is 17.2. The van der Waals surface area contributed by atoms with E-state index in [-0.39, 0.29) is 11.9 Å². The number of pyridine rings is 1. The largest absolute Gasteiger partial charge is 0.357 e. The molecule has 2 aromatic rings. The molecular weight excluding hydrogens is 341 g/mol. The van der Waals surface area contributed by atoms with Crippen molar-refractivity contribution in [2.45, 2.75) is 32.7 Å². The van der Waals surface area contributed by atoms with Gasteiger partial charge in [-0.1, -0.05) is 24.3 Å². The maximum absolute atomic E-state index is 14.0. The zero-order valence-electron chi connectivity index (χ0n) is 16.1. The summed E-state index contributed by atoms with van der Waals surface area (Å²) in [5.41, 5.74) is 2.63. The SMILES string of the molecule is CCNC(=NCCc1ccccc1C)NC1CCN(c2ncccc2F)C1. The van der Waals surface area contributed by atoms with Crippen LogP contribution in [0.15, 0.2) is 47.6 Å². The molecule has 0 aliphatic carbocycles. The van der Waals surface area contributed by atoms with E-state index in [1.807, 2.05) is 4.90 Å². The Morgan fingerprint density at radius 2 is 2.15 bits per heavy atom. The van der Waals surface area contributed by atoms with E-state index in [0.717, 1.165) is 45.0 Å². The number of anilines is 1. The Bertz CT molecular complexity index is 777. The average molecular weight is 369 g/mol. The quantitative estimate of drug-likeness (QED) is 0.607. The molecule has 1 aliphatic heterocycles. The van der Waals surface area contributed by atoms with Gasteiger partial charge in [0.15, 0.2) is 17.6 Å². The van der Waals surface area contributed by atoms with Gasteiger partial charge in [-0.05, 0) is 49.9 Å². The molecule has 2 heterocycles. The van der Waals surface area contributed by atoms with Gasteiger partial charge in [0.1, 0.15) is 0 Å². The first-order valence-corrected chi connectivity index (χ1v) is 9.62. The monoisotopic (exact) mass is 369 g/mol. The molecule has 0 radical (unpaired) electrons. The van der Waals surface area contributed by atoms with Gasteiger partial charge in [-0.2, -0.15) is 0 Å². The number of aromatic nitrogens is 1. The first kappa shape index (κ1) is 19.1. The third-order valence-corrected chi connectivity index (χ3v) is 4.82. The molecule has 1 fully saturated rings. The van der Waals surface area contributed by atoms with Crippen LogP contribution in [-0.2, 0) is 6.42 Å². The lowest BCUT2D eigenvalue weighted by atomic mass is 10.1. The summed E-state index contributed by atoms with van der Waals surface area (Å²) in [6.07, 6.45) is 3.48. The number of nitrogens with zero attached hydrogens (tertiary/aromatic N) is 3. The highest BCUT2D eigenvalue weighted by Crippen LogP contribution is 2.20. The van der Waals surface area contributed by atoms with E-state index in [9.17, 15) is 4.39 Å². The summed E-state index contributed by atoms with van der Waals surface area (Å²) in [6.45, 7) is 7.23. The second kappa shape index (κ2) is 9.35. The second-order valence-electron chi connectivity index (χ2n) is 6.82. The number of aryl methyl sites for hydroxylation is 1. The summed E-state index contributed by atoms with van der Waals surface area (Å²) in [6, 6.07) is 11.7. The zero-order chi connectivity index (χ0) is 19.1. The van der Waals surface area contributed by atoms with Gasteiger partial charge in [-0.15, -0.1) is 0 Å². The first-order valence-electron chi connectivity index (χ1n) is 9.62. The Morgan fingerprint density at radius 3 is 2.93 bits per heavy atom. The molecule has 27 heavy (non-hydrogen) atoms. The minimum absolute atomic E-state index is 0.225. The number of benzene rings is 1. The van der Waals surface area contributed by atoms with E-state index < -0.39 is 0 Å². The fourth-order valence-electron chi connectivity index (χ4n) is 3.37. The van der Waals surface area contributed by atoms with Crippen LogP contribution in [-0.4, -0.2) is 43.2 Å². The average Bonchev–Trinajstić information content (AvgIpc) is 3.12. The molecule has 144 valence electrons. The fourth-order valence-corrected chi connectivity index (χ4v) is 3.37. The number of halogens is 1. The maximum atomic E-state index is 14.0. The summed E-state index contributed by atoms with van der Waals surface area (Å²) >= 11 is 0. The molecule has 1 atom stereocenters. The summed E-state index contributed by atoms with van der Waals surface area (Å²) < 4.78 is 14.0. The van der Waals surface area contributed by atoms with Crippen LogP contribution in [0, 0.1) is 12.7 Å². The Balaban J connectivity index is 1.56. The summed E-state index contributed by atoms with van der Waals surface area (Å²) in [4.78, 5) is 10.9. The maximum Gasteiger partial charge on any atom is 0.191 e. The molecule has 0 saturated carbocycles. The van der Waals surface area contributed by atoms with E-state index in [0.29, 0.717) is 5.82 Å². The van der Waals surface area contributed by atoms with Crippen molar-refractivity contribution in [1.82, 2.24) is 15.6 Å². The zero-order valence-corrected chi connectivity index (χ0v) is 16.1. The number of guanidine groups is 1. The highest BCUT2D eigenvalue weighted by molar-refractivity contribution is 5.80. The van der Waals surface area contributed by atoms with E-state index >= 15 is 0 Å². The van der Waals surface area contributed by atoms with Crippen molar-refractivity contribution >= 4 is 11.8 Å². The van der Waals surface area contributed by atoms with Crippen molar-refractivity contribution in [3.8, 4) is 0 Å². The van der Waals surface area contributed by atoms with Crippen molar-refractivity contribution in [1.29, 1.82) is 0 Å². The molecule has 0 amide bonds. The Labute approximate surface area is 160 Å². The Hall–Kier alpha value is -2.63. The standard InChI is InChI=1S/C21H28FN5/c1-3-23-21(25-13-10-17-8-5-4-7-16(17)2)26-18-11-14-27(15-18)20-19(22)9-6-12-24-20/h4-9,12,18H,3,10-11,13-15H2,1-2H3,(H2,23,25,26). The molecule has 0 bridgehead atoms. The van der Waals surface area contributed by atoms with Gasteiger partial charge in [0, 0.05) is 38.4 Å². The van der Waals surface area contributed by atoms with E-state index in [4.69, 9.17) is 4.99 Å². The van der Waals surface area contributed by atoms with Crippen LogP contribution in [0.2, 0.25) is 0 Å². The van der Waals surface area contributed by atoms with E-state index in [2.05, 4.69) is 53.7 Å². The van der Waals surface area contributed by atoms with Crippen LogP contribution in [0.3, 0.4) is 0 Å². The summed E-state index contributed by atoms with van der Waals surface area (Å²) in [5, 5.41) is 6.79. The van der Waals surface area contributed by atoms with Crippen LogP contribution in [0.1, 0.15) is 24.5 Å². The molecule has 6 heteroatoms. The number of nitrogens with one attached hydrogen (secondary N) is 2. The fraction of sp³-hybridized carbons (Fsp3) is 0.429. The first-order chi connectivity index (χ1) is 13.2. The van der Waals surface area contributed by atoms with Crippen molar-refractivity contribution in [2.75, 3.05) is 31.1 Å². The number of rotatable bonds is 6. The third kappa shape index (κ3) is 5.18. The number of aliphatic imine (C=N–C) groups is 1. The molecule has 3 rings (SSSR count). The van der Waals surface area contributed by atoms with Crippen molar-refractivity contribution < 1.29 is 4.39 Å². The van der Waals surface area contributed by atoms with E-state index in [1.54, 1.807) is 12.3 Å². The van der Waals surface area contributed by atoms with E-state index in [1.165, 1.54) is 17.2 Å². The topological polar surface area (TPSA) is 52.6 Å². The summed E-state index contributed by atoms with van der Waals surface area (Å²) in [7, 11) is 0. The van der Waals surface area contributed by atoms with Gasteiger partial charge in [0.25, 0.3) is 0 Å². The van der Waals surface area contributed by atoms with Crippen LogP contribution in [0.5, 0.6) is 0 Å². The van der Waals surface area contributed by atoms with Gasteiger partial charge < -0.3 is 15.5 Å². The molecule has 1 unspecified atom stereocenters. The van der Waals surface area contributed by atoms with Gasteiger partial charge >= 0.3 is 0 Å². The number of hydrogen-bond acceptors (Lipinski definition) is 3. The Morgan fingerprint density at radius 1 is 1.30 bits per heavy atom. The molecule has 2 N–H and O–H groups in total. The third-order valence-electron chi connectivity index (χ3n) is 4.82. The van der Waals surface area contributed by atoms with Gasteiger partial charge in [-0.25, -0.2) is 9.37 Å². The lowest BCUT2D eigenvalue weighted by Crippen LogP contribution is -2.44. The minimum Gasteiger partial charge on any atom is -0.357 e.